The molecule has 1 saturated heterocycles. The monoisotopic (exact) mass is 358 g/mol. The first kappa shape index (κ1) is 18.4. The first-order valence-corrected chi connectivity index (χ1v) is 8.79. The molecular weight excluding hydrogens is 335 g/mol. The number of halogens is 1. The van der Waals surface area contributed by atoms with Crippen molar-refractivity contribution in [1.29, 1.82) is 0 Å². The summed E-state index contributed by atoms with van der Waals surface area (Å²) in [4.78, 5) is 21.4. The fourth-order valence-corrected chi connectivity index (χ4v) is 2.90. The molecule has 2 aromatic rings. The number of carbonyl (C=O) groups excluding carboxylic acids is 1. The van der Waals surface area contributed by atoms with Gasteiger partial charge in [-0.1, -0.05) is 24.3 Å². The van der Waals surface area contributed by atoms with Crippen molar-refractivity contribution in [2.75, 3.05) is 39.3 Å². The molecule has 0 bridgehead atoms. The average molecular weight is 358 g/mol. The van der Waals surface area contributed by atoms with Gasteiger partial charge in [-0.2, -0.15) is 9.37 Å². The molecule has 0 spiro atoms. The number of aromatic nitrogens is 2. The Morgan fingerprint density at radius 3 is 2.65 bits per heavy atom. The van der Waals surface area contributed by atoms with Crippen LogP contribution in [0.25, 0.3) is 11.1 Å². The van der Waals surface area contributed by atoms with Crippen LogP contribution in [0, 0.1) is 5.95 Å². The molecule has 3 rings (SSSR count). The van der Waals surface area contributed by atoms with Crippen molar-refractivity contribution < 1.29 is 13.9 Å². The lowest BCUT2D eigenvalue weighted by molar-refractivity contribution is -0.116. The molecule has 0 saturated carbocycles. The summed E-state index contributed by atoms with van der Waals surface area (Å²) in [5.74, 6) is -0.522. The summed E-state index contributed by atoms with van der Waals surface area (Å²) in [5.41, 5.74) is 1.88. The molecule has 1 aliphatic rings. The molecule has 1 N–H and O–H groups in total. The van der Waals surface area contributed by atoms with Gasteiger partial charge in [0.1, 0.15) is 12.4 Å². The van der Waals surface area contributed by atoms with Crippen LogP contribution in [0.3, 0.4) is 0 Å². The molecule has 0 radical (unpaired) electrons. The lowest BCUT2D eigenvalue weighted by atomic mass is 10.0. The van der Waals surface area contributed by atoms with Crippen LogP contribution in [-0.4, -0.2) is 60.0 Å². The van der Waals surface area contributed by atoms with E-state index >= 15 is 0 Å². The van der Waals surface area contributed by atoms with Gasteiger partial charge >= 0.3 is 6.01 Å². The first-order chi connectivity index (χ1) is 12.6. The maximum absolute atomic E-state index is 14.3. The van der Waals surface area contributed by atoms with Crippen molar-refractivity contribution in [1.82, 2.24) is 20.2 Å². The van der Waals surface area contributed by atoms with Crippen LogP contribution in [0.5, 0.6) is 6.01 Å². The molecule has 0 unspecified atom stereocenters. The van der Waals surface area contributed by atoms with E-state index in [-0.39, 0.29) is 11.8 Å². The van der Waals surface area contributed by atoms with E-state index in [0.29, 0.717) is 24.2 Å². The highest BCUT2D eigenvalue weighted by molar-refractivity contribution is 5.78. The van der Waals surface area contributed by atoms with Gasteiger partial charge in [-0.3, -0.25) is 9.69 Å². The summed E-state index contributed by atoms with van der Waals surface area (Å²) >= 11 is 0. The zero-order valence-electron chi connectivity index (χ0n) is 14.9. The third kappa shape index (κ3) is 5.06. The standard InChI is InChI=1S/C19H23FN4O2/c1-14(25)12-15-2-4-16(5-3-15)17-13-22-19(23-18(17)20)26-11-10-24-8-6-21-7-9-24/h2-5,13,21H,6-12H2,1H3. The maximum atomic E-state index is 14.3. The topological polar surface area (TPSA) is 67.3 Å². The van der Waals surface area contributed by atoms with Gasteiger partial charge in [-0.15, -0.1) is 0 Å². The molecule has 0 aliphatic carbocycles. The Morgan fingerprint density at radius 2 is 2.00 bits per heavy atom. The quantitative estimate of drug-likeness (QED) is 0.760. The Morgan fingerprint density at radius 1 is 1.27 bits per heavy atom. The van der Waals surface area contributed by atoms with E-state index in [4.69, 9.17) is 4.74 Å². The molecule has 138 valence electrons. The number of ketones is 1. The number of ether oxygens (including phenoxy) is 1. The highest BCUT2D eigenvalue weighted by Gasteiger charge is 2.12. The van der Waals surface area contributed by atoms with Crippen molar-refractivity contribution in [3.63, 3.8) is 0 Å². The SMILES string of the molecule is CC(=O)Cc1ccc(-c2cnc(OCCN3CCNCC3)nc2F)cc1. The number of nitrogens with zero attached hydrogens (tertiary/aromatic N) is 3. The largest absolute Gasteiger partial charge is 0.462 e. The van der Waals surface area contributed by atoms with Gasteiger partial charge in [0.2, 0.25) is 5.95 Å². The Bertz CT molecular complexity index is 746. The second kappa shape index (κ2) is 8.82. The predicted octanol–water partition coefficient (Wildman–Crippen LogP) is 1.70. The van der Waals surface area contributed by atoms with E-state index in [2.05, 4.69) is 20.2 Å². The van der Waals surface area contributed by atoms with Crippen molar-refractivity contribution in [3.05, 3.63) is 42.0 Å². The number of carbonyl (C=O) groups is 1. The molecule has 1 aromatic heterocycles. The zero-order chi connectivity index (χ0) is 18.4. The van der Waals surface area contributed by atoms with Crippen LogP contribution < -0.4 is 10.1 Å². The van der Waals surface area contributed by atoms with Gasteiger partial charge in [0.25, 0.3) is 0 Å². The highest BCUT2D eigenvalue weighted by atomic mass is 19.1. The number of nitrogens with one attached hydrogen (secondary N) is 1. The Hall–Kier alpha value is -2.38. The number of benzene rings is 1. The lowest BCUT2D eigenvalue weighted by Gasteiger charge is -2.26. The van der Waals surface area contributed by atoms with Crippen LogP contribution >= 0.6 is 0 Å². The summed E-state index contributed by atoms with van der Waals surface area (Å²) in [6, 6.07) is 7.22. The third-order valence-corrected chi connectivity index (χ3v) is 4.29. The van der Waals surface area contributed by atoms with E-state index in [9.17, 15) is 9.18 Å². The smallest absolute Gasteiger partial charge is 0.319 e. The van der Waals surface area contributed by atoms with Crippen molar-refractivity contribution >= 4 is 5.78 Å². The molecule has 26 heavy (non-hydrogen) atoms. The second-order valence-corrected chi connectivity index (χ2v) is 6.37. The molecule has 1 fully saturated rings. The summed E-state index contributed by atoms with van der Waals surface area (Å²) in [5, 5.41) is 3.29. The molecule has 6 nitrogen and oxygen atoms in total. The number of piperazine rings is 1. The average Bonchev–Trinajstić information content (AvgIpc) is 2.63. The van der Waals surface area contributed by atoms with Crippen LogP contribution in [0.2, 0.25) is 0 Å². The zero-order valence-corrected chi connectivity index (χ0v) is 14.9. The number of hydrogen-bond acceptors (Lipinski definition) is 6. The fourth-order valence-electron chi connectivity index (χ4n) is 2.90. The minimum atomic E-state index is -0.614. The number of rotatable bonds is 7. The van der Waals surface area contributed by atoms with Crippen LogP contribution in [0.15, 0.2) is 30.5 Å². The Balaban J connectivity index is 1.59. The van der Waals surface area contributed by atoms with E-state index in [1.807, 2.05) is 12.1 Å². The van der Waals surface area contributed by atoms with E-state index in [0.717, 1.165) is 38.3 Å². The molecule has 2 heterocycles. The predicted molar refractivity (Wildman–Crippen MR) is 96.6 cm³/mol. The number of Topliss-reactive ketones (excluding diaryl/α,β-unsaturated/α-hetero) is 1. The van der Waals surface area contributed by atoms with Gasteiger partial charge in [0, 0.05) is 45.3 Å². The van der Waals surface area contributed by atoms with Crippen LogP contribution in [0.4, 0.5) is 4.39 Å². The lowest BCUT2D eigenvalue weighted by Crippen LogP contribution is -2.44. The molecule has 1 aromatic carbocycles. The van der Waals surface area contributed by atoms with Crippen LogP contribution in [0.1, 0.15) is 12.5 Å². The van der Waals surface area contributed by atoms with Gasteiger partial charge in [0.05, 0.1) is 5.56 Å². The molecular formula is C19H23FN4O2. The van der Waals surface area contributed by atoms with Crippen molar-refractivity contribution in [2.24, 2.45) is 0 Å². The highest BCUT2D eigenvalue weighted by Crippen LogP contribution is 2.22. The van der Waals surface area contributed by atoms with E-state index in [1.165, 1.54) is 6.20 Å². The number of hydrogen-bond donors (Lipinski definition) is 1. The summed E-state index contributed by atoms with van der Waals surface area (Å²) in [6.45, 7) is 6.66. The summed E-state index contributed by atoms with van der Waals surface area (Å²) in [7, 11) is 0. The maximum Gasteiger partial charge on any atom is 0.319 e. The van der Waals surface area contributed by atoms with Crippen LogP contribution in [-0.2, 0) is 11.2 Å². The Kier molecular flexibility index (Phi) is 6.25. The molecule has 7 heteroatoms. The van der Waals surface area contributed by atoms with Gasteiger partial charge < -0.3 is 10.1 Å². The van der Waals surface area contributed by atoms with Gasteiger partial charge in [0.15, 0.2) is 0 Å². The summed E-state index contributed by atoms with van der Waals surface area (Å²) in [6.07, 6.45) is 1.81. The molecule has 0 atom stereocenters. The van der Waals surface area contributed by atoms with Crippen molar-refractivity contribution in [3.8, 4) is 17.1 Å². The minimum absolute atomic E-state index is 0.0505. The molecule has 0 amide bonds. The second-order valence-electron chi connectivity index (χ2n) is 6.37. The van der Waals surface area contributed by atoms with Gasteiger partial charge in [-0.25, -0.2) is 4.98 Å². The van der Waals surface area contributed by atoms with Gasteiger partial charge in [-0.05, 0) is 18.1 Å². The minimum Gasteiger partial charge on any atom is -0.462 e. The fraction of sp³-hybridized carbons (Fsp3) is 0.421. The molecule has 1 aliphatic heterocycles. The Labute approximate surface area is 152 Å². The van der Waals surface area contributed by atoms with E-state index < -0.39 is 5.95 Å². The normalized spacial score (nSPS) is 15.0. The van der Waals surface area contributed by atoms with Crippen molar-refractivity contribution in [2.45, 2.75) is 13.3 Å². The first-order valence-electron chi connectivity index (χ1n) is 8.79. The van der Waals surface area contributed by atoms with E-state index in [1.54, 1.807) is 19.1 Å². The summed E-state index contributed by atoms with van der Waals surface area (Å²) < 4.78 is 19.8. The third-order valence-electron chi connectivity index (χ3n) is 4.29.